The minimum absolute atomic E-state index is 0.00139. The summed E-state index contributed by atoms with van der Waals surface area (Å²) in [4.78, 5) is 6.77. The van der Waals surface area contributed by atoms with Gasteiger partial charge in [-0.05, 0) is 49.4 Å². The summed E-state index contributed by atoms with van der Waals surface area (Å²) in [5.41, 5.74) is 1.84. The molecule has 0 spiro atoms. The minimum Gasteiger partial charge on any atom is -0.419 e. The summed E-state index contributed by atoms with van der Waals surface area (Å²) in [6, 6.07) is 16.2. The molecule has 1 aliphatic rings. The number of hydrogen-bond acceptors (Lipinski definition) is 5. The Bertz CT molecular complexity index is 1100. The number of nitrogens with zero attached hydrogens (tertiary/aromatic N) is 2. The third-order valence-electron chi connectivity index (χ3n) is 5.31. The number of hydrogen-bond donors (Lipinski definition) is 0. The van der Waals surface area contributed by atoms with Gasteiger partial charge in [0.1, 0.15) is 0 Å². The Morgan fingerprint density at radius 3 is 2.34 bits per heavy atom. The lowest BCUT2D eigenvalue weighted by Gasteiger charge is -2.34. The molecule has 6 heteroatoms. The van der Waals surface area contributed by atoms with E-state index >= 15 is 0 Å². The number of oxazole rings is 1. The number of piperidine rings is 1. The van der Waals surface area contributed by atoms with E-state index < -0.39 is 9.84 Å². The van der Waals surface area contributed by atoms with Crippen molar-refractivity contribution in [2.45, 2.75) is 37.1 Å². The maximum Gasteiger partial charge on any atom is 0.236 e. The molecule has 2 heterocycles. The van der Waals surface area contributed by atoms with Crippen molar-refractivity contribution in [3.8, 4) is 11.5 Å². The molecule has 3 aromatic rings. The molecule has 1 fully saturated rings. The summed E-state index contributed by atoms with van der Waals surface area (Å²) in [5.74, 6) is 1.60. The van der Waals surface area contributed by atoms with Gasteiger partial charge in [-0.15, -0.1) is 0 Å². The fourth-order valence-electron chi connectivity index (χ4n) is 4.11. The van der Waals surface area contributed by atoms with Gasteiger partial charge in [0, 0.05) is 18.7 Å². The van der Waals surface area contributed by atoms with Crippen LogP contribution in [0.15, 0.2) is 68.9 Å². The van der Waals surface area contributed by atoms with Gasteiger partial charge in [-0.2, -0.15) is 4.98 Å². The van der Waals surface area contributed by atoms with Gasteiger partial charge in [0.2, 0.25) is 26.6 Å². The lowest BCUT2D eigenvalue weighted by atomic mass is 9.92. The highest BCUT2D eigenvalue weighted by Crippen LogP contribution is 2.37. The SMILES string of the molecule is Cc1cccc(-c2nc(S(=O)(=O)c3ccccc3)c(N3CC(C)CC(C)C3)o2)c1. The van der Waals surface area contributed by atoms with E-state index in [0.717, 1.165) is 30.6 Å². The van der Waals surface area contributed by atoms with Crippen LogP contribution in [0.3, 0.4) is 0 Å². The Morgan fingerprint density at radius 2 is 1.69 bits per heavy atom. The zero-order valence-electron chi connectivity index (χ0n) is 17.0. The number of aromatic nitrogens is 1. The zero-order valence-corrected chi connectivity index (χ0v) is 17.8. The molecule has 4 rings (SSSR count). The standard InChI is InChI=1S/C23H26N2O3S/c1-16-8-7-9-19(13-16)21-24-22(29(26,27)20-10-5-4-6-11-20)23(28-21)25-14-17(2)12-18(3)15-25/h4-11,13,17-18H,12,14-15H2,1-3H3. The van der Waals surface area contributed by atoms with E-state index in [4.69, 9.17) is 4.42 Å². The molecule has 2 atom stereocenters. The van der Waals surface area contributed by atoms with Crippen molar-refractivity contribution < 1.29 is 12.8 Å². The second-order valence-corrected chi connectivity index (χ2v) is 10.0. The van der Waals surface area contributed by atoms with Crippen LogP contribution in [0.2, 0.25) is 0 Å². The Hall–Kier alpha value is -2.60. The number of anilines is 1. The van der Waals surface area contributed by atoms with Crippen LogP contribution in [-0.2, 0) is 9.84 Å². The molecular weight excluding hydrogens is 384 g/mol. The molecule has 0 amide bonds. The maximum atomic E-state index is 13.4. The second kappa shape index (κ2) is 7.67. The Balaban J connectivity index is 1.86. The molecule has 2 unspecified atom stereocenters. The van der Waals surface area contributed by atoms with E-state index in [1.807, 2.05) is 36.1 Å². The monoisotopic (exact) mass is 410 g/mol. The number of benzene rings is 2. The smallest absolute Gasteiger partial charge is 0.236 e. The molecule has 1 saturated heterocycles. The van der Waals surface area contributed by atoms with Gasteiger partial charge in [0.25, 0.3) is 0 Å². The molecule has 5 nitrogen and oxygen atoms in total. The van der Waals surface area contributed by atoms with E-state index in [-0.39, 0.29) is 9.92 Å². The van der Waals surface area contributed by atoms with Gasteiger partial charge in [-0.3, -0.25) is 0 Å². The Morgan fingerprint density at radius 1 is 1.00 bits per heavy atom. The minimum atomic E-state index is -3.80. The van der Waals surface area contributed by atoms with Crippen molar-refractivity contribution in [2.24, 2.45) is 11.8 Å². The average Bonchev–Trinajstić information content (AvgIpc) is 3.14. The predicted molar refractivity (Wildman–Crippen MR) is 114 cm³/mol. The number of rotatable bonds is 4. The van der Waals surface area contributed by atoms with Crippen LogP contribution in [0.5, 0.6) is 0 Å². The van der Waals surface area contributed by atoms with Gasteiger partial charge in [-0.25, -0.2) is 8.42 Å². The summed E-state index contributed by atoms with van der Waals surface area (Å²) in [7, 11) is -3.80. The first-order valence-electron chi connectivity index (χ1n) is 9.97. The van der Waals surface area contributed by atoms with Crippen LogP contribution in [0, 0.1) is 18.8 Å². The molecule has 1 aliphatic heterocycles. The van der Waals surface area contributed by atoms with Gasteiger partial charge >= 0.3 is 0 Å². The Labute approximate surface area is 172 Å². The van der Waals surface area contributed by atoms with E-state index in [2.05, 4.69) is 18.8 Å². The van der Waals surface area contributed by atoms with Gasteiger partial charge in [0.05, 0.1) is 4.90 Å². The highest BCUT2D eigenvalue weighted by Gasteiger charge is 2.34. The fourth-order valence-corrected chi connectivity index (χ4v) is 5.46. The molecule has 2 aromatic carbocycles. The molecule has 1 aromatic heterocycles. The van der Waals surface area contributed by atoms with Crippen molar-refractivity contribution in [1.82, 2.24) is 4.98 Å². The summed E-state index contributed by atoms with van der Waals surface area (Å²) >= 11 is 0. The normalized spacial score (nSPS) is 20.0. The number of aryl methyl sites for hydroxylation is 1. The van der Waals surface area contributed by atoms with Crippen molar-refractivity contribution >= 4 is 15.7 Å². The summed E-state index contributed by atoms with van der Waals surface area (Å²) in [5, 5.41) is 0.00139. The molecule has 0 bridgehead atoms. The molecule has 0 aliphatic carbocycles. The van der Waals surface area contributed by atoms with Crippen LogP contribution in [-0.4, -0.2) is 26.5 Å². The largest absolute Gasteiger partial charge is 0.419 e. The molecule has 152 valence electrons. The van der Waals surface area contributed by atoms with Crippen LogP contribution in [0.4, 0.5) is 5.88 Å². The third kappa shape index (κ3) is 3.94. The first-order valence-corrected chi connectivity index (χ1v) is 11.5. The van der Waals surface area contributed by atoms with E-state index in [0.29, 0.717) is 23.6 Å². The summed E-state index contributed by atoms with van der Waals surface area (Å²) in [6.45, 7) is 7.87. The molecule has 0 N–H and O–H groups in total. The maximum absolute atomic E-state index is 13.4. The van der Waals surface area contributed by atoms with E-state index in [9.17, 15) is 8.42 Å². The predicted octanol–water partition coefficient (Wildman–Crippen LogP) is 4.97. The van der Waals surface area contributed by atoms with Gasteiger partial charge in [-0.1, -0.05) is 49.7 Å². The van der Waals surface area contributed by atoms with Crippen molar-refractivity contribution in [1.29, 1.82) is 0 Å². The molecular formula is C23H26N2O3S. The highest BCUT2D eigenvalue weighted by molar-refractivity contribution is 7.91. The highest BCUT2D eigenvalue weighted by atomic mass is 32.2. The summed E-state index contributed by atoms with van der Waals surface area (Å²) < 4.78 is 33.0. The summed E-state index contributed by atoms with van der Waals surface area (Å²) in [6.07, 6.45) is 1.12. The molecule has 0 radical (unpaired) electrons. The van der Waals surface area contributed by atoms with Gasteiger partial charge < -0.3 is 9.32 Å². The Kier molecular flexibility index (Phi) is 5.21. The second-order valence-electron chi connectivity index (χ2n) is 8.17. The topological polar surface area (TPSA) is 63.4 Å². The van der Waals surface area contributed by atoms with E-state index in [1.165, 1.54) is 0 Å². The van der Waals surface area contributed by atoms with Gasteiger partial charge in [0.15, 0.2) is 0 Å². The van der Waals surface area contributed by atoms with Crippen molar-refractivity contribution in [3.05, 3.63) is 60.2 Å². The lowest BCUT2D eigenvalue weighted by Crippen LogP contribution is -2.39. The van der Waals surface area contributed by atoms with Crippen molar-refractivity contribution in [3.63, 3.8) is 0 Å². The van der Waals surface area contributed by atoms with Crippen LogP contribution in [0.1, 0.15) is 25.8 Å². The molecule has 0 saturated carbocycles. The first kappa shape index (κ1) is 19.7. The van der Waals surface area contributed by atoms with Crippen LogP contribution < -0.4 is 4.90 Å². The fraction of sp³-hybridized carbons (Fsp3) is 0.348. The van der Waals surface area contributed by atoms with Crippen molar-refractivity contribution in [2.75, 3.05) is 18.0 Å². The third-order valence-corrected chi connectivity index (χ3v) is 6.98. The quantitative estimate of drug-likeness (QED) is 0.608. The van der Waals surface area contributed by atoms with E-state index in [1.54, 1.807) is 30.3 Å². The van der Waals surface area contributed by atoms with Crippen LogP contribution >= 0.6 is 0 Å². The van der Waals surface area contributed by atoms with Crippen LogP contribution in [0.25, 0.3) is 11.5 Å². The zero-order chi connectivity index (χ0) is 20.6. The first-order chi connectivity index (χ1) is 13.8. The average molecular weight is 411 g/mol. The molecule has 29 heavy (non-hydrogen) atoms. The lowest BCUT2D eigenvalue weighted by molar-refractivity contribution is 0.342. The number of sulfone groups is 1.